The van der Waals surface area contributed by atoms with Gasteiger partial charge in [0.15, 0.2) is 0 Å². The van der Waals surface area contributed by atoms with E-state index in [1.807, 2.05) is 18.2 Å². The second-order valence-electron chi connectivity index (χ2n) is 3.18. The number of hydrogen-bond acceptors (Lipinski definition) is 4. The third-order valence-corrected chi connectivity index (χ3v) is 2.40. The largest absolute Gasteiger partial charge is 0.459 e. The standard InChI is InChI=1S/C10H10O4S/c1-15(11,12)14-10-7-6-8-4-2-3-5-9(8)13-10/h2-7,10H,1H3. The molecule has 0 aliphatic carbocycles. The van der Waals surface area contributed by atoms with E-state index in [0.717, 1.165) is 11.8 Å². The fourth-order valence-electron chi connectivity index (χ4n) is 1.30. The molecular formula is C10H10O4S. The predicted octanol–water partition coefficient (Wildman–Crippen LogP) is 1.39. The third-order valence-electron chi connectivity index (χ3n) is 1.86. The Labute approximate surface area is 88.3 Å². The molecule has 2 rings (SSSR count). The lowest BCUT2D eigenvalue weighted by molar-refractivity contribution is 0.0524. The van der Waals surface area contributed by atoms with Crippen molar-refractivity contribution in [1.82, 2.24) is 0 Å². The van der Waals surface area contributed by atoms with Gasteiger partial charge >= 0.3 is 0 Å². The summed E-state index contributed by atoms with van der Waals surface area (Å²) in [5, 5.41) is 0. The average molecular weight is 226 g/mol. The van der Waals surface area contributed by atoms with Crippen LogP contribution < -0.4 is 4.74 Å². The van der Waals surface area contributed by atoms with Gasteiger partial charge in [-0.15, -0.1) is 0 Å². The Morgan fingerprint density at radius 3 is 2.80 bits per heavy atom. The van der Waals surface area contributed by atoms with E-state index in [1.165, 1.54) is 0 Å². The first-order valence-corrected chi connectivity index (χ1v) is 6.18. The lowest BCUT2D eigenvalue weighted by Crippen LogP contribution is -2.23. The van der Waals surface area contributed by atoms with Crippen molar-refractivity contribution in [2.24, 2.45) is 0 Å². The Balaban J connectivity index is 2.20. The lowest BCUT2D eigenvalue weighted by Gasteiger charge is -2.19. The molecular weight excluding hydrogens is 216 g/mol. The molecule has 0 aromatic heterocycles. The highest BCUT2D eigenvalue weighted by atomic mass is 32.2. The lowest BCUT2D eigenvalue weighted by atomic mass is 10.1. The van der Waals surface area contributed by atoms with Gasteiger partial charge in [-0.05, 0) is 18.2 Å². The minimum Gasteiger partial charge on any atom is -0.459 e. The van der Waals surface area contributed by atoms with Crippen LogP contribution in [-0.2, 0) is 14.3 Å². The summed E-state index contributed by atoms with van der Waals surface area (Å²) < 4.78 is 31.8. The van der Waals surface area contributed by atoms with Gasteiger partial charge in [-0.1, -0.05) is 18.2 Å². The highest BCUT2D eigenvalue weighted by Gasteiger charge is 2.18. The SMILES string of the molecule is CS(=O)(=O)OC1C=Cc2ccccc2O1. The normalized spacial score (nSPS) is 19.4. The van der Waals surface area contributed by atoms with Crippen LogP contribution in [0.25, 0.3) is 6.08 Å². The molecule has 80 valence electrons. The quantitative estimate of drug-likeness (QED) is 0.715. The molecule has 1 aromatic rings. The van der Waals surface area contributed by atoms with Crippen LogP contribution in [0.4, 0.5) is 0 Å². The maximum Gasteiger partial charge on any atom is 0.267 e. The summed E-state index contributed by atoms with van der Waals surface area (Å²) in [4.78, 5) is 0. The molecule has 0 radical (unpaired) electrons. The van der Waals surface area contributed by atoms with Crippen molar-refractivity contribution in [1.29, 1.82) is 0 Å². The van der Waals surface area contributed by atoms with Crippen molar-refractivity contribution >= 4 is 16.2 Å². The number of para-hydroxylation sites is 1. The molecule has 15 heavy (non-hydrogen) atoms. The molecule has 0 bridgehead atoms. The number of benzene rings is 1. The Hall–Kier alpha value is -1.33. The first kappa shape index (κ1) is 10.2. The number of ether oxygens (including phenoxy) is 1. The minimum atomic E-state index is -3.50. The Morgan fingerprint density at radius 2 is 2.07 bits per heavy atom. The monoisotopic (exact) mass is 226 g/mol. The molecule has 1 aliphatic heterocycles. The van der Waals surface area contributed by atoms with Gasteiger partial charge in [0.25, 0.3) is 10.1 Å². The highest BCUT2D eigenvalue weighted by molar-refractivity contribution is 7.86. The fraction of sp³-hybridized carbons (Fsp3) is 0.200. The van der Waals surface area contributed by atoms with Crippen LogP contribution in [0.2, 0.25) is 0 Å². The van der Waals surface area contributed by atoms with Gasteiger partial charge in [0, 0.05) is 5.56 Å². The van der Waals surface area contributed by atoms with Crippen molar-refractivity contribution in [3.63, 3.8) is 0 Å². The van der Waals surface area contributed by atoms with Crippen molar-refractivity contribution < 1.29 is 17.3 Å². The van der Waals surface area contributed by atoms with Crippen molar-refractivity contribution in [3.05, 3.63) is 35.9 Å². The van der Waals surface area contributed by atoms with Crippen molar-refractivity contribution in [2.75, 3.05) is 6.26 Å². The van der Waals surface area contributed by atoms with Gasteiger partial charge in [0.05, 0.1) is 6.26 Å². The Morgan fingerprint density at radius 1 is 1.33 bits per heavy atom. The van der Waals surface area contributed by atoms with Crippen LogP contribution in [-0.4, -0.2) is 21.0 Å². The van der Waals surface area contributed by atoms with Gasteiger partial charge in [-0.2, -0.15) is 8.42 Å². The van der Waals surface area contributed by atoms with Crippen LogP contribution in [0.1, 0.15) is 5.56 Å². The summed E-state index contributed by atoms with van der Waals surface area (Å²) in [5.41, 5.74) is 0.908. The van der Waals surface area contributed by atoms with E-state index in [4.69, 9.17) is 8.92 Å². The molecule has 1 atom stereocenters. The van der Waals surface area contributed by atoms with E-state index in [2.05, 4.69) is 0 Å². The molecule has 4 nitrogen and oxygen atoms in total. The third kappa shape index (κ3) is 2.57. The predicted molar refractivity (Wildman–Crippen MR) is 55.8 cm³/mol. The maximum atomic E-state index is 10.9. The molecule has 5 heteroatoms. The number of fused-ring (bicyclic) bond motifs is 1. The second-order valence-corrected chi connectivity index (χ2v) is 4.78. The maximum absolute atomic E-state index is 10.9. The molecule has 1 unspecified atom stereocenters. The van der Waals surface area contributed by atoms with E-state index >= 15 is 0 Å². The van der Waals surface area contributed by atoms with Gasteiger partial charge in [0.1, 0.15) is 5.75 Å². The van der Waals surface area contributed by atoms with Crippen molar-refractivity contribution in [3.8, 4) is 5.75 Å². The molecule has 0 saturated carbocycles. The summed E-state index contributed by atoms with van der Waals surface area (Å²) in [5.74, 6) is 0.619. The zero-order valence-electron chi connectivity index (χ0n) is 8.08. The Bertz CT molecular complexity index is 490. The molecule has 1 heterocycles. The van der Waals surface area contributed by atoms with Gasteiger partial charge in [-0.3, -0.25) is 0 Å². The van der Waals surface area contributed by atoms with E-state index in [9.17, 15) is 8.42 Å². The smallest absolute Gasteiger partial charge is 0.267 e. The molecule has 1 aliphatic rings. The van der Waals surface area contributed by atoms with Gasteiger partial charge in [0.2, 0.25) is 6.29 Å². The summed E-state index contributed by atoms with van der Waals surface area (Å²) in [6.07, 6.45) is 3.46. The van der Waals surface area contributed by atoms with Crippen LogP contribution in [0.3, 0.4) is 0 Å². The van der Waals surface area contributed by atoms with E-state index in [-0.39, 0.29) is 0 Å². The van der Waals surface area contributed by atoms with E-state index in [0.29, 0.717) is 5.75 Å². The van der Waals surface area contributed by atoms with Crippen LogP contribution in [0.15, 0.2) is 30.3 Å². The van der Waals surface area contributed by atoms with Crippen LogP contribution >= 0.6 is 0 Å². The van der Waals surface area contributed by atoms with Gasteiger partial charge in [-0.25, -0.2) is 4.18 Å². The first-order valence-electron chi connectivity index (χ1n) is 4.37. The molecule has 0 spiro atoms. The van der Waals surface area contributed by atoms with E-state index in [1.54, 1.807) is 18.2 Å². The summed E-state index contributed by atoms with van der Waals surface area (Å²) >= 11 is 0. The minimum absolute atomic E-state index is 0.619. The molecule has 0 fully saturated rings. The zero-order chi connectivity index (χ0) is 10.9. The zero-order valence-corrected chi connectivity index (χ0v) is 8.90. The second kappa shape index (κ2) is 3.67. The first-order chi connectivity index (χ1) is 7.04. The molecule has 0 saturated heterocycles. The molecule has 1 aromatic carbocycles. The topological polar surface area (TPSA) is 52.6 Å². The summed E-state index contributed by atoms with van der Waals surface area (Å²) in [7, 11) is -3.50. The Kier molecular flexibility index (Phi) is 2.50. The summed E-state index contributed by atoms with van der Waals surface area (Å²) in [6.45, 7) is 0. The van der Waals surface area contributed by atoms with Crippen molar-refractivity contribution in [2.45, 2.75) is 6.29 Å². The number of rotatable bonds is 2. The van der Waals surface area contributed by atoms with Gasteiger partial charge < -0.3 is 4.74 Å². The summed E-state index contributed by atoms with van der Waals surface area (Å²) in [6, 6.07) is 7.33. The van der Waals surface area contributed by atoms with Crippen LogP contribution in [0.5, 0.6) is 5.75 Å². The van der Waals surface area contributed by atoms with E-state index < -0.39 is 16.4 Å². The van der Waals surface area contributed by atoms with Crippen LogP contribution in [0, 0.1) is 0 Å². The highest BCUT2D eigenvalue weighted by Crippen LogP contribution is 2.25. The molecule has 0 amide bonds. The molecule has 0 N–H and O–H groups in total. The fourth-order valence-corrected chi connectivity index (χ4v) is 1.74. The number of hydrogen-bond donors (Lipinski definition) is 0. The average Bonchev–Trinajstić information content (AvgIpc) is 2.15.